The molecule has 0 heterocycles. The predicted octanol–water partition coefficient (Wildman–Crippen LogP) is 2.14. The van der Waals surface area contributed by atoms with E-state index in [1.165, 1.54) is 0 Å². The molecule has 0 amide bonds. The molecule has 0 aromatic heterocycles. The second kappa shape index (κ2) is 7.47. The van der Waals surface area contributed by atoms with Gasteiger partial charge in [0.05, 0.1) is 12.5 Å². The van der Waals surface area contributed by atoms with Crippen LogP contribution < -0.4 is 5.32 Å². The van der Waals surface area contributed by atoms with E-state index in [1.807, 2.05) is 0 Å². The molecule has 0 atom stereocenters. The molecule has 0 saturated carbocycles. The van der Waals surface area contributed by atoms with Crippen molar-refractivity contribution in [3.63, 3.8) is 0 Å². The van der Waals surface area contributed by atoms with E-state index in [4.69, 9.17) is 17.5 Å². The van der Waals surface area contributed by atoms with Gasteiger partial charge in [-0.2, -0.15) is 5.26 Å². The molecule has 0 fully saturated rings. The summed E-state index contributed by atoms with van der Waals surface area (Å²) in [4.78, 5) is 2.07. The average molecular weight is 227 g/mol. The number of hydrogen-bond acceptors (Lipinski definition) is 2. The van der Waals surface area contributed by atoms with Crippen LogP contribution in [0.3, 0.4) is 0 Å². The summed E-state index contributed by atoms with van der Waals surface area (Å²) in [7, 11) is 0. The molecule has 0 aliphatic heterocycles. The summed E-state index contributed by atoms with van der Waals surface area (Å²) in [6, 6.07) is 2.49. The van der Waals surface area contributed by atoms with Crippen LogP contribution in [0.2, 0.25) is 0 Å². The summed E-state index contributed by atoms with van der Waals surface area (Å²) in [5.74, 6) is 0.551. The minimum atomic E-state index is 0.342. The Labute approximate surface area is 98.4 Å². The van der Waals surface area contributed by atoms with Gasteiger partial charge in [-0.05, 0) is 32.0 Å². The van der Waals surface area contributed by atoms with Crippen LogP contribution >= 0.6 is 12.2 Å². The monoisotopic (exact) mass is 227 g/mol. The highest BCUT2D eigenvalue weighted by Crippen LogP contribution is 2.01. The number of rotatable bonds is 5. The molecule has 0 radical (unpaired) electrons. The Kier molecular flexibility index (Phi) is 7.06. The quantitative estimate of drug-likeness (QED) is 0.730. The van der Waals surface area contributed by atoms with Crippen molar-refractivity contribution < 1.29 is 0 Å². The van der Waals surface area contributed by atoms with Crippen LogP contribution in [-0.4, -0.2) is 29.1 Å². The van der Waals surface area contributed by atoms with Gasteiger partial charge in [-0.25, -0.2) is 0 Å². The first-order chi connectivity index (χ1) is 6.97. The molecule has 0 rings (SSSR count). The van der Waals surface area contributed by atoms with Crippen molar-refractivity contribution >= 4 is 17.3 Å². The molecule has 0 spiro atoms. The number of thiocarbonyl (C=S) groups is 1. The molecular weight excluding hydrogens is 206 g/mol. The van der Waals surface area contributed by atoms with E-state index in [-0.39, 0.29) is 0 Å². The van der Waals surface area contributed by atoms with Crippen molar-refractivity contribution in [2.45, 2.75) is 40.2 Å². The van der Waals surface area contributed by atoms with Crippen molar-refractivity contribution in [1.82, 2.24) is 10.2 Å². The van der Waals surface area contributed by atoms with Crippen LogP contribution in [0.5, 0.6) is 0 Å². The van der Waals surface area contributed by atoms with Crippen LogP contribution in [0.1, 0.15) is 34.1 Å². The fraction of sp³-hybridized carbons (Fsp3) is 0.818. The lowest BCUT2D eigenvalue weighted by Gasteiger charge is -2.27. The van der Waals surface area contributed by atoms with Gasteiger partial charge in [0.1, 0.15) is 0 Å². The fourth-order valence-electron chi connectivity index (χ4n) is 1.24. The Balaban J connectivity index is 4.21. The van der Waals surface area contributed by atoms with Gasteiger partial charge in [0, 0.05) is 19.1 Å². The smallest absolute Gasteiger partial charge is 0.169 e. The summed E-state index contributed by atoms with van der Waals surface area (Å²) in [5.41, 5.74) is 0. The molecule has 0 aliphatic carbocycles. The summed E-state index contributed by atoms with van der Waals surface area (Å²) < 4.78 is 0. The van der Waals surface area contributed by atoms with Gasteiger partial charge in [-0.1, -0.05) is 13.8 Å². The highest BCUT2D eigenvalue weighted by molar-refractivity contribution is 7.80. The van der Waals surface area contributed by atoms with E-state index in [0.717, 1.165) is 11.7 Å². The largest absolute Gasteiger partial charge is 0.360 e. The number of nitrogens with one attached hydrogen (secondary N) is 1. The lowest BCUT2D eigenvalue weighted by Crippen LogP contribution is -2.44. The maximum atomic E-state index is 8.57. The molecule has 0 aliphatic rings. The van der Waals surface area contributed by atoms with Gasteiger partial charge in [0.2, 0.25) is 0 Å². The van der Waals surface area contributed by atoms with E-state index in [9.17, 15) is 0 Å². The summed E-state index contributed by atoms with van der Waals surface area (Å²) in [5, 5.41) is 12.5. The molecule has 0 aromatic rings. The minimum Gasteiger partial charge on any atom is -0.360 e. The highest BCUT2D eigenvalue weighted by atomic mass is 32.1. The molecule has 0 saturated heterocycles. The standard InChI is InChI=1S/C11H21N3S/c1-9(2)8-14(7-5-6-12)11(15)13-10(3)4/h9-10H,5,7-8H2,1-4H3,(H,13,15). The predicted molar refractivity (Wildman–Crippen MR) is 67.5 cm³/mol. The van der Waals surface area contributed by atoms with E-state index in [2.05, 4.69) is 44.0 Å². The van der Waals surface area contributed by atoms with Crippen LogP contribution in [0.15, 0.2) is 0 Å². The average Bonchev–Trinajstić information content (AvgIpc) is 2.10. The van der Waals surface area contributed by atoms with Crippen molar-refractivity contribution in [2.75, 3.05) is 13.1 Å². The lowest BCUT2D eigenvalue weighted by molar-refractivity contribution is 0.364. The van der Waals surface area contributed by atoms with Crippen molar-refractivity contribution in [1.29, 1.82) is 5.26 Å². The van der Waals surface area contributed by atoms with Crippen molar-refractivity contribution in [2.24, 2.45) is 5.92 Å². The molecular formula is C11H21N3S. The van der Waals surface area contributed by atoms with Gasteiger partial charge >= 0.3 is 0 Å². The van der Waals surface area contributed by atoms with Gasteiger partial charge in [-0.15, -0.1) is 0 Å². The first kappa shape index (κ1) is 14.2. The molecule has 3 nitrogen and oxygen atoms in total. The maximum absolute atomic E-state index is 8.57. The minimum absolute atomic E-state index is 0.342. The zero-order chi connectivity index (χ0) is 11.8. The lowest BCUT2D eigenvalue weighted by atomic mass is 10.2. The van der Waals surface area contributed by atoms with Crippen LogP contribution in [0, 0.1) is 17.2 Å². The van der Waals surface area contributed by atoms with E-state index in [1.54, 1.807) is 0 Å². The van der Waals surface area contributed by atoms with Crippen LogP contribution in [0.25, 0.3) is 0 Å². The normalized spacial score (nSPS) is 10.2. The van der Waals surface area contributed by atoms with E-state index in [0.29, 0.717) is 24.9 Å². The van der Waals surface area contributed by atoms with Crippen LogP contribution in [0.4, 0.5) is 0 Å². The molecule has 0 unspecified atom stereocenters. The molecule has 4 heteroatoms. The molecule has 0 aromatic carbocycles. The summed E-state index contributed by atoms with van der Waals surface area (Å²) in [6.07, 6.45) is 0.520. The van der Waals surface area contributed by atoms with Crippen molar-refractivity contribution in [3.8, 4) is 6.07 Å². The maximum Gasteiger partial charge on any atom is 0.169 e. The third kappa shape index (κ3) is 7.15. The Morgan fingerprint density at radius 2 is 2.00 bits per heavy atom. The zero-order valence-corrected chi connectivity index (χ0v) is 10.9. The summed E-state index contributed by atoms with van der Waals surface area (Å²) in [6.45, 7) is 10.0. The third-order valence-electron chi connectivity index (χ3n) is 1.78. The number of nitrogens with zero attached hydrogens (tertiary/aromatic N) is 2. The Hall–Kier alpha value is -0.820. The highest BCUT2D eigenvalue weighted by Gasteiger charge is 2.11. The van der Waals surface area contributed by atoms with Crippen molar-refractivity contribution in [3.05, 3.63) is 0 Å². The van der Waals surface area contributed by atoms with Crippen LogP contribution in [-0.2, 0) is 0 Å². The van der Waals surface area contributed by atoms with Gasteiger partial charge in [0.25, 0.3) is 0 Å². The first-order valence-corrected chi connectivity index (χ1v) is 5.80. The molecule has 1 N–H and O–H groups in total. The van der Waals surface area contributed by atoms with Gasteiger partial charge in [-0.3, -0.25) is 0 Å². The third-order valence-corrected chi connectivity index (χ3v) is 2.15. The molecule has 0 bridgehead atoms. The SMILES string of the molecule is CC(C)CN(CCC#N)C(=S)NC(C)C. The Morgan fingerprint density at radius 1 is 1.40 bits per heavy atom. The Morgan fingerprint density at radius 3 is 2.40 bits per heavy atom. The van der Waals surface area contributed by atoms with Gasteiger partial charge in [0.15, 0.2) is 5.11 Å². The molecule has 15 heavy (non-hydrogen) atoms. The first-order valence-electron chi connectivity index (χ1n) is 5.39. The molecule has 86 valence electrons. The topological polar surface area (TPSA) is 39.1 Å². The van der Waals surface area contributed by atoms with E-state index < -0.39 is 0 Å². The van der Waals surface area contributed by atoms with Gasteiger partial charge < -0.3 is 10.2 Å². The number of hydrogen-bond donors (Lipinski definition) is 1. The second-order valence-corrected chi connectivity index (χ2v) is 4.74. The summed E-state index contributed by atoms with van der Waals surface area (Å²) >= 11 is 5.29. The Bertz CT molecular complexity index is 230. The zero-order valence-electron chi connectivity index (χ0n) is 10.1. The van der Waals surface area contributed by atoms with E-state index >= 15 is 0 Å². The number of nitriles is 1. The fourth-order valence-corrected chi connectivity index (χ4v) is 1.64. The second-order valence-electron chi connectivity index (χ2n) is 4.35.